The number of carbonyl (C=O) groups excluding carboxylic acids is 2. The molecule has 1 aliphatic heterocycles. The van der Waals surface area contributed by atoms with Gasteiger partial charge in [-0.25, -0.2) is 0 Å². The van der Waals surface area contributed by atoms with E-state index in [2.05, 4.69) is 5.32 Å². The molecule has 1 N–H and O–H groups in total. The highest BCUT2D eigenvalue weighted by Crippen LogP contribution is 2.24. The van der Waals surface area contributed by atoms with E-state index in [0.717, 1.165) is 11.1 Å². The van der Waals surface area contributed by atoms with Crippen molar-refractivity contribution in [2.75, 3.05) is 4.90 Å². The standard InChI is InChI=1S/C20H16N2O2S/c1-14-8-5-6-13-17(14)22-19(24)16(18(23)21-20(22)25)12-7-11-15-9-3-2-4-10-15/h2-13H,1H3,(H,21,23,25)/b11-7+,16-12+. The minimum atomic E-state index is -0.488. The lowest BCUT2D eigenvalue weighted by atomic mass is 10.1. The van der Waals surface area contributed by atoms with Crippen LogP contribution in [0.2, 0.25) is 0 Å². The summed E-state index contributed by atoms with van der Waals surface area (Å²) in [5, 5.41) is 2.67. The van der Waals surface area contributed by atoms with Crippen molar-refractivity contribution in [3.63, 3.8) is 0 Å². The number of allylic oxidation sites excluding steroid dienone is 2. The molecule has 25 heavy (non-hydrogen) atoms. The van der Waals surface area contributed by atoms with Gasteiger partial charge in [0.25, 0.3) is 11.8 Å². The van der Waals surface area contributed by atoms with Crippen LogP contribution in [0, 0.1) is 6.92 Å². The number of thiocarbonyl (C=S) groups is 1. The summed E-state index contributed by atoms with van der Waals surface area (Å²) in [5.74, 6) is -0.918. The summed E-state index contributed by atoms with van der Waals surface area (Å²) in [6.45, 7) is 1.89. The Morgan fingerprint density at radius 1 is 1.00 bits per heavy atom. The fourth-order valence-electron chi connectivity index (χ4n) is 2.53. The highest BCUT2D eigenvalue weighted by atomic mass is 32.1. The molecule has 0 bridgehead atoms. The maximum atomic E-state index is 12.8. The van der Waals surface area contributed by atoms with Crippen LogP contribution in [0.15, 0.2) is 72.3 Å². The van der Waals surface area contributed by atoms with Crippen molar-refractivity contribution < 1.29 is 9.59 Å². The Labute approximate surface area is 151 Å². The van der Waals surface area contributed by atoms with Gasteiger partial charge in [0.2, 0.25) is 0 Å². The first-order valence-electron chi connectivity index (χ1n) is 7.77. The van der Waals surface area contributed by atoms with Gasteiger partial charge in [-0.2, -0.15) is 0 Å². The van der Waals surface area contributed by atoms with Crippen LogP contribution in [0.25, 0.3) is 6.08 Å². The lowest BCUT2D eigenvalue weighted by Gasteiger charge is -2.29. The quantitative estimate of drug-likeness (QED) is 0.525. The van der Waals surface area contributed by atoms with E-state index >= 15 is 0 Å². The molecule has 1 saturated heterocycles. The third kappa shape index (κ3) is 3.56. The molecule has 124 valence electrons. The van der Waals surface area contributed by atoms with Gasteiger partial charge in [-0.3, -0.25) is 19.8 Å². The lowest BCUT2D eigenvalue weighted by molar-refractivity contribution is -0.122. The van der Waals surface area contributed by atoms with Crippen LogP contribution in [0.5, 0.6) is 0 Å². The van der Waals surface area contributed by atoms with E-state index < -0.39 is 11.8 Å². The van der Waals surface area contributed by atoms with E-state index in [1.807, 2.05) is 61.5 Å². The van der Waals surface area contributed by atoms with E-state index in [-0.39, 0.29) is 10.7 Å². The summed E-state index contributed by atoms with van der Waals surface area (Å²) in [5.41, 5.74) is 2.59. The van der Waals surface area contributed by atoms with E-state index in [4.69, 9.17) is 12.2 Å². The lowest BCUT2D eigenvalue weighted by Crippen LogP contribution is -2.54. The minimum Gasteiger partial charge on any atom is -0.298 e. The van der Waals surface area contributed by atoms with Gasteiger partial charge in [0.15, 0.2) is 5.11 Å². The molecule has 1 aliphatic rings. The zero-order chi connectivity index (χ0) is 17.8. The SMILES string of the molecule is Cc1ccccc1N1C(=O)/C(=C/C=C/c2ccccc2)C(=O)NC1=S. The second-order valence-electron chi connectivity index (χ2n) is 5.54. The van der Waals surface area contributed by atoms with Crippen LogP contribution in [0.1, 0.15) is 11.1 Å². The van der Waals surface area contributed by atoms with Crippen LogP contribution >= 0.6 is 12.2 Å². The van der Waals surface area contributed by atoms with Gasteiger partial charge in [-0.1, -0.05) is 60.7 Å². The highest BCUT2D eigenvalue weighted by Gasteiger charge is 2.34. The van der Waals surface area contributed by atoms with Crippen molar-refractivity contribution in [3.8, 4) is 0 Å². The third-order valence-electron chi connectivity index (χ3n) is 3.81. The molecule has 0 saturated carbocycles. The summed E-state index contributed by atoms with van der Waals surface area (Å²) in [6, 6.07) is 17.0. The van der Waals surface area contributed by atoms with Crippen molar-refractivity contribution in [1.82, 2.24) is 5.32 Å². The molecule has 0 radical (unpaired) electrons. The Kier molecular flexibility index (Phi) is 4.86. The summed E-state index contributed by atoms with van der Waals surface area (Å²) in [4.78, 5) is 26.3. The zero-order valence-corrected chi connectivity index (χ0v) is 14.4. The molecule has 5 heteroatoms. The maximum Gasteiger partial charge on any atom is 0.270 e. The third-order valence-corrected chi connectivity index (χ3v) is 4.09. The number of aryl methyl sites for hydroxylation is 1. The fourth-order valence-corrected chi connectivity index (χ4v) is 2.80. The number of nitrogens with zero attached hydrogens (tertiary/aromatic N) is 1. The topological polar surface area (TPSA) is 49.4 Å². The molecule has 0 aromatic heterocycles. The average Bonchev–Trinajstić information content (AvgIpc) is 2.60. The number of nitrogens with one attached hydrogen (secondary N) is 1. The number of hydrogen-bond donors (Lipinski definition) is 1. The summed E-state index contributed by atoms with van der Waals surface area (Å²) in [7, 11) is 0. The Bertz CT molecular complexity index is 901. The number of carbonyl (C=O) groups is 2. The van der Waals surface area contributed by atoms with Crippen molar-refractivity contribution in [3.05, 3.63) is 83.4 Å². The van der Waals surface area contributed by atoms with Gasteiger partial charge in [0, 0.05) is 0 Å². The normalized spacial score (nSPS) is 16.6. The number of anilines is 1. The average molecular weight is 348 g/mol. The highest BCUT2D eigenvalue weighted by molar-refractivity contribution is 7.80. The Balaban J connectivity index is 1.92. The molecule has 2 aromatic rings. The number of benzene rings is 2. The van der Waals surface area contributed by atoms with Crippen molar-refractivity contribution in [1.29, 1.82) is 0 Å². The first-order valence-corrected chi connectivity index (χ1v) is 8.17. The molecule has 0 spiro atoms. The van der Waals surface area contributed by atoms with Crippen LogP contribution in [-0.2, 0) is 9.59 Å². The predicted octanol–water partition coefficient (Wildman–Crippen LogP) is 3.38. The predicted molar refractivity (Wildman–Crippen MR) is 103 cm³/mol. The zero-order valence-electron chi connectivity index (χ0n) is 13.6. The first kappa shape index (κ1) is 16.8. The molecule has 0 atom stereocenters. The molecule has 0 unspecified atom stereocenters. The van der Waals surface area contributed by atoms with Crippen LogP contribution < -0.4 is 10.2 Å². The van der Waals surface area contributed by atoms with E-state index in [9.17, 15) is 9.59 Å². The van der Waals surface area contributed by atoms with Crippen molar-refractivity contribution in [2.45, 2.75) is 6.92 Å². The molecule has 1 fully saturated rings. The van der Waals surface area contributed by atoms with E-state index in [1.54, 1.807) is 12.1 Å². The fraction of sp³-hybridized carbons (Fsp3) is 0.0500. The second kappa shape index (κ2) is 7.23. The number of para-hydroxylation sites is 1. The minimum absolute atomic E-state index is 0.0454. The van der Waals surface area contributed by atoms with E-state index in [0.29, 0.717) is 5.69 Å². The first-order chi connectivity index (χ1) is 12.1. The largest absolute Gasteiger partial charge is 0.298 e. The molecule has 4 nitrogen and oxygen atoms in total. The van der Waals surface area contributed by atoms with Gasteiger partial charge in [-0.15, -0.1) is 0 Å². The Morgan fingerprint density at radius 2 is 1.68 bits per heavy atom. The smallest absolute Gasteiger partial charge is 0.270 e. The molecule has 1 heterocycles. The second-order valence-corrected chi connectivity index (χ2v) is 5.92. The van der Waals surface area contributed by atoms with Crippen LogP contribution in [0.3, 0.4) is 0 Å². The number of amides is 2. The van der Waals surface area contributed by atoms with Gasteiger partial charge < -0.3 is 0 Å². The molecular formula is C20H16N2O2S. The number of hydrogen-bond acceptors (Lipinski definition) is 3. The van der Waals surface area contributed by atoms with Crippen molar-refractivity contribution in [2.24, 2.45) is 0 Å². The van der Waals surface area contributed by atoms with Crippen molar-refractivity contribution >= 4 is 40.9 Å². The Morgan fingerprint density at radius 3 is 2.40 bits per heavy atom. The van der Waals surface area contributed by atoms with Crippen LogP contribution in [-0.4, -0.2) is 16.9 Å². The van der Waals surface area contributed by atoms with Gasteiger partial charge in [0.05, 0.1) is 5.69 Å². The number of rotatable bonds is 3. The van der Waals surface area contributed by atoms with Gasteiger partial charge in [0.1, 0.15) is 5.57 Å². The van der Waals surface area contributed by atoms with Gasteiger partial charge in [-0.05, 0) is 42.4 Å². The monoisotopic (exact) mass is 348 g/mol. The maximum absolute atomic E-state index is 12.8. The summed E-state index contributed by atoms with van der Waals surface area (Å²) in [6.07, 6.45) is 5.03. The molecule has 2 amide bonds. The molecule has 2 aromatic carbocycles. The van der Waals surface area contributed by atoms with E-state index in [1.165, 1.54) is 11.0 Å². The summed E-state index contributed by atoms with van der Waals surface area (Å²) < 4.78 is 0. The van der Waals surface area contributed by atoms with Gasteiger partial charge >= 0.3 is 0 Å². The molecular weight excluding hydrogens is 332 g/mol. The van der Waals surface area contributed by atoms with Crippen LogP contribution in [0.4, 0.5) is 5.69 Å². The molecule has 0 aliphatic carbocycles. The Hall–Kier alpha value is -3.05. The summed E-state index contributed by atoms with van der Waals surface area (Å²) >= 11 is 5.19. The molecule has 3 rings (SSSR count).